The number of fused-ring (bicyclic) bond motifs is 1. The average Bonchev–Trinajstić information content (AvgIpc) is 2.69. The molecule has 0 amide bonds. The highest BCUT2D eigenvalue weighted by molar-refractivity contribution is 7.80. The van der Waals surface area contributed by atoms with Gasteiger partial charge in [-0.3, -0.25) is 0 Å². The molecule has 2 atom stereocenters. The molecule has 0 radical (unpaired) electrons. The van der Waals surface area contributed by atoms with Crippen LogP contribution in [0.3, 0.4) is 0 Å². The summed E-state index contributed by atoms with van der Waals surface area (Å²) >= 11 is 9.67. The Bertz CT molecular complexity index is 504. The van der Waals surface area contributed by atoms with Gasteiger partial charge in [-0.15, -0.1) is 0 Å². The van der Waals surface area contributed by atoms with E-state index in [2.05, 4.69) is 22.7 Å². The van der Waals surface area contributed by atoms with Crippen LogP contribution in [-0.4, -0.2) is 36.7 Å². The highest BCUT2D eigenvalue weighted by Gasteiger charge is 2.21. The first-order chi connectivity index (χ1) is 7.63. The lowest BCUT2D eigenvalue weighted by Crippen LogP contribution is -2.19. The SMILES string of the molecule is OC(CS)C(O)c1cnn2ccc(Cl)nc12. The zero-order chi connectivity index (χ0) is 11.7. The van der Waals surface area contributed by atoms with Crippen LogP contribution in [0.4, 0.5) is 0 Å². The summed E-state index contributed by atoms with van der Waals surface area (Å²) in [6.45, 7) is 0. The smallest absolute Gasteiger partial charge is 0.162 e. The molecular weight excluding hydrogens is 250 g/mol. The van der Waals surface area contributed by atoms with E-state index in [0.717, 1.165) is 0 Å². The van der Waals surface area contributed by atoms with Crippen molar-refractivity contribution in [2.24, 2.45) is 0 Å². The summed E-state index contributed by atoms with van der Waals surface area (Å²) in [4.78, 5) is 4.04. The molecule has 0 aliphatic carbocycles. The Morgan fingerprint density at radius 3 is 2.94 bits per heavy atom. The molecule has 0 aliphatic heterocycles. The first kappa shape index (κ1) is 11.7. The Morgan fingerprint density at radius 2 is 2.25 bits per heavy atom. The summed E-state index contributed by atoms with van der Waals surface area (Å²) in [6, 6.07) is 1.59. The van der Waals surface area contributed by atoms with Gasteiger partial charge in [0.15, 0.2) is 5.65 Å². The zero-order valence-corrected chi connectivity index (χ0v) is 9.81. The van der Waals surface area contributed by atoms with Crippen LogP contribution in [0.5, 0.6) is 0 Å². The van der Waals surface area contributed by atoms with Gasteiger partial charge in [0.1, 0.15) is 11.3 Å². The number of nitrogens with zero attached hydrogens (tertiary/aromatic N) is 3. The van der Waals surface area contributed by atoms with Crippen molar-refractivity contribution in [3.05, 3.63) is 29.2 Å². The quantitative estimate of drug-likeness (QED) is 0.561. The molecule has 2 unspecified atom stereocenters. The second-order valence-corrected chi connectivity index (χ2v) is 4.07. The fourth-order valence-corrected chi connectivity index (χ4v) is 1.72. The molecule has 2 aromatic heterocycles. The third-order valence-electron chi connectivity index (χ3n) is 2.23. The molecule has 0 spiro atoms. The minimum atomic E-state index is -1.07. The van der Waals surface area contributed by atoms with Crippen LogP contribution in [0, 0.1) is 0 Å². The molecule has 0 saturated heterocycles. The Hall–Kier alpha value is -0.820. The fourth-order valence-electron chi connectivity index (χ4n) is 1.38. The molecule has 86 valence electrons. The minimum Gasteiger partial charge on any atom is -0.389 e. The van der Waals surface area contributed by atoms with Crippen molar-refractivity contribution in [2.45, 2.75) is 12.2 Å². The maximum Gasteiger partial charge on any atom is 0.162 e. The van der Waals surface area contributed by atoms with Crippen LogP contribution < -0.4 is 0 Å². The summed E-state index contributed by atoms with van der Waals surface area (Å²) in [7, 11) is 0. The largest absolute Gasteiger partial charge is 0.389 e. The van der Waals surface area contributed by atoms with E-state index in [1.165, 1.54) is 10.7 Å². The number of aliphatic hydroxyl groups is 2. The Labute approximate surface area is 102 Å². The van der Waals surface area contributed by atoms with E-state index < -0.39 is 12.2 Å². The van der Waals surface area contributed by atoms with Gasteiger partial charge in [0, 0.05) is 17.5 Å². The predicted octanol–water partition coefficient (Wildman–Crippen LogP) is 0.707. The molecule has 0 aliphatic rings. The van der Waals surface area contributed by atoms with Gasteiger partial charge in [0.2, 0.25) is 0 Å². The zero-order valence-electron chi connectivity index (χ0n) is 8.16. The molecule has 2 heterocycles. The third kappa shape index (κ3) is 2.01. The van der Waals surface area contributed by atoms with E-state index in [0.29, 0.717) is 16.4 Å². The lowest BCUT2D eigenvalue weighted by molar-refractivity contribution is 0.0345. The van der Waals surface area contributed by atoms with Crippen molar-refractivity contribution in [2.75, 3.05) is 5.75 Å². The van der Waals surface area contributed by atoms with Gasteiger partial charge in [-0.2, -0.15) is 17.7 Å². The van der Waals surface area contributed by atoms with Crippen molar-refractivity contribution < 1.29 is 10.2 Å². The van der Waals surface area contributed by atoms with Crippen LogP contribution in [0.1, 0.15) is 11.7 Å². The van der Waals surface area contributed by atoms with Gasteiger partial charge in [-0.05, 0) is 6.07 Å². The van der Waals surface area contributed by atoms with Gasteiger partial charge >= 0.3 is 0 Å². The number of aromatic nitrogens is 3. The maximum absolute atomic E-state index is 9.83. The normalized spacial score (nSPS) is 15.2. The van der Waals surface area contributed by atoms with Crippen LogP contribution in [0.15, 0.2) is 18.5 Å². The fraction of sp³-hybridized carbons (Fsp3) is 0.333. The van der Waals surface area contributed by atoms with Crippen molar-refractivity contribution >= 4 is 29.9 Å². The predicted molar refractivity (Wildman–Crippen MR) is 62.8 cm³/mol. The Balaban J connectivity index is 2.48. The van der Waals surface area contributed by atoms with Gasteiger partial charge in [0.25, 0.3) is 0 Å². The number of halogens is 1. The van der Waals surface area contributed by atoms with Crippen LogP contribution >= 0.6 is 24.2 Å². The average molecular weight is 260 g/mol. The Morgan fingerprint density at radius 1 is 1.50 bits per heavy atom. The van der Waals surface area contributed by atoms with Crippen LogP contribution in [-0.2, 0) is 0 Å². The number of hydrogen-bond donors (Lipinski definition) is 3. The van der Waals surface area contributed by atoms with Gasteiger partial charge in [-0.1, -0.05) is 11.6 Å². The van der Waals surface area contributed by atoms with Crippen molar-refractivity contribution in [3.8, 4) is 0 Å². The second kappa shape index (κ2) is 4.58. The third-order valence-corrected chi connectivity index (χ3v) is 2.82. The lowest BCUT2D eigenvalue weighted by atomic mass is 10.1. The molecular formula is C9H10ClN3O2S. The van der Waals surface area contributed by atoms with Gasteiger partial charge in [0.05, 0.1) is 12.3 Å². The summed E-state index contributed by atoms with van der Waals surface area (Å²) in [5.74, 6) is 0.152. The lowest BCUT2D eigenvalue weighted by Gasteiger charge is -2.13. The molecule has 2 N–H and O–H groups in total. The minimum absolute atomic E-state index is 0.152. The number of aliphatic hydroxyl groups excluding tert-OH is 2. The monoisotopic (exact) mass is 259 g/mol. The molecule has 2 rings (SSSR count). The van der Waals surface area contributed by atoms with E-state index in [-0.39, 0.29) is 5.75 Å². The van der Waals surface area contributed by atoms with E-state index in [1.807, 2.05) is 0 Å². The highest BCUT2D eigenvalue weighted by atomic mass is 35.5. The molecule has 0 bridgehead atoms. The van der Waals surface area contributed by atoms with Crippen LogP contribution in [0.25, 0.3) is 5.65 Å². The molecule has 0 saturated carbocycles. The van der Waals surface area contributed by atoms with E-state index in [4.69, 9.17) is 11.6 Å². The first-order valence-electron chi connectivity index (χ1n) is 4.60. The topological polar surface area (TPSA) is 70.7 Å². The Kier molecular flexibility index (Phi) is 3.34. The van der Waals surface area contributed by atoms with Gasteiger partial charge in [-0.25, -0.2) is 9.50 Å². The van der Waals surface area contributed by atoms with E-state index in [1.54, 1.807) is 12.3 Å². The van der Waals surface area contributed by atoms with Crippen molar-refractivity contribution in [1.29, 1.82) is 0 Å². The number of rotatable bonds is 3. The molecule has 16 heavy (non-hydrogen) atoms. The number of hydrogen-bond acceptors (Lipinski definition) is 5. The maximum atomic E-state index is 9.83. The van der Waals surface area contributed by atoms with Crippen molar-refractivity contribution in [3.63, 3.8) is 0 Å². The number of thiol groups is 1. The molecule has 5 nitrogen and oxygen atoms in total. The molecule has 0 fully saturated rings. The molecule has 7 heteroatoms. The van der Waals surface area contributed by atoms with E-state index >= 15 is 0 Å². The van der Waals surface area contributed by atoms with E-state index in [9.17, 15) is 10.2 Å². The molecule has 0 aromatic carbocycles. The second-order valence-electron chi connectivity index (χ2n) is 3.31. The van der Waals surface area contributed by atoms with Crippen molar-refractivity contribution in [1.82, 2.24) is 14.6 Å². The van der Waals surface area contributed by atoms with Gasteiger partial charge < -0.3 is 10.2 Å². The summed E-state index contributed by atoms with van der Waals surface area (Å²) in [6.07, 6.45) is 1.06. The summed E-state index contributed by atoms with van der Waals surface area (Å²) < 4.78 is 1.48. The summed E-state index contributed by atoms with van der Waals surface area (Å²) in [5, 5.41) is 23.6. The highest BCUT2D eigenvalue weighted by Crippen LogP contribution is 2.22. The summed E-state index contributed by atoms with van der Waals surface area (Å²) in [5.41, 5.74) is 0.866. The first-order valence-corrected chi connectivity index (χ1v) is 5.61. The molecule has 2 aromatic rings. The standard InChI is InChI=1S/C9H10ClN3O2S/c10-7-1-2-13-9(12-7)5(3-11-13)8(15)6(14)4-16/h1-3,6,8,14-16H,4H2. The van der Waals surface area contributed by atoms with Crippen LogP contribution in [0.2, 0.25) is 5.15 Å².